The minimum absolute atomic E-state index is 0.348. The molecular weight excluding hydrogens is 367 g/mol. The Hall–Kier alpha value is -3.22. The second-order valence-electron chi connectivity index (χ2n) is 6.30. The molecule has 0 bridgehead atoms. The number of alkyl halides is 3. The predicted molar refractivity (Wildman–Crippen MR) is 101 cm³/mol. The Morgan fingerprint density at radius 2 is 1.75 bits per heavy atom. The highest BCUT2D eigenvalue weighted by molar-refractivity contribution is 6.46. The van der Waals surface area contributed by atoms with E-state index in [1.165, 1.54) is 12.1 Å². The molecule has 2 aromatic carbocycles. The number of ketones is 1. The van der Waals surface area contributed by atoms with Crippen molar-refractivity contribution >= 4 is 11.5 Å². The Kier molecular flexibility index (Phi) is 5.44. The van der Waals surface area contributed by atoms with Crippen molar-refractivity contribution in [3.8, 4) is 11.3 Å². The summed E-state index contributed by atoms with van der Waals surface area (Å²) in [4.78, 5) is 20.0. The van der Waals surface area contributed by atoms with E-state index in [2.05, 4.69) is 9.97 Å². The lowest BCUT2D eigenvalue weighted by Crippen LogP contribution is -2.25. The molecule has 3 aromatic rings. The number of hydrogen-bond acceptors (Lipinski definition) is 3. The standard InChI is InChI=1S/C21H18F3N3O/c1-2-14(20-26-12-17(27-20)13-8-4-3-5-9-13)18(25)19(28)15-10-6-7-11-16(15)21(22,23)24/h3-12,14,25H,2H2,1H3,(H,26,27). The Balaban J connectivity index is 1.91. The highest BCUT2D eigenvalue weighted by atomic mass is 19.4. The Morgan fingerprint density at radius 1 is 1.11 bits per heavy atom. The van der Waals surface area contributed by atoms with Crippen molar-refractivity contribution in [1.82, 2.24) is 9.97 Å². The minimum atomic E-state index is -4.67. The summed E-state index contributed by atoms with van der Waals surface area (Å²) in [6.45, 7) is 1.76. The number of imidazole rings is 1. The van der Waals surface area contributed by atoms with Crippen molar-refractivity contribution < 1.29 is 18.0 Å². The molecule has 0 aliphatic heterocycles. The number of nitrogens with zero attached hydrogens (tertiary/aromatic N) is 1. The van der Waals surface area contributed by atoms with Crippen LogP contribution in [0.4, 0.5) is 13.2 Å². The Labute approximate surface area is 160 Å². The van der Waals surface area contributed by atoms with Crippen LogP contribution in [-0.4, -0.2) is 21.5 Å². The number of rotatable bonds is 6. The number of carbonyl (C=O) groups excluding carboxylic acids is 1. The molecule has 0 spiro atoms. The molecule has 144 valence electrons. The molecule has 0 saturated carbocycles. The molecule has 0 saturated heterocycles. The number of carbonyl (C=O) groups is 1. The molecule has 0 radical (unpaired) electrons. The molecule has 28 heavy (non-hydrogen) atoms. The van der Waals surface area contributed by atoms with Gasteiger partial charge in [-0.15, -0.1) is 0 Å². The second kappa shape index (κ2) is 7.80. The van der Waals surface area contributed by atoms with Crippen molar-refractivity contribution in [2.24, 2.45) is 0 Å². The summed E-state index contributed by atoms with van der Waals surface area (Å²) >= 11 is 0. The maximum absolute atomic E-state index is 13.2. The monoisotopic (exact) mass is 385 g/mol. The Morgan fingerprint density at radius 3 is 2.39 bits per heavy atom. The molecule has 0 aliphatic rings. The van der Waals surface area contributed by atoms with E-state index in [-0.39, 0.29) is 0 Å². The SMILES string of the molecule is CCC(C(=N)C(=O)c1ccccc1C(F)(F)F)c1ncc(-c2ccccc2)[nH]1. The van der Waals surface area contributed by atoms with Crippen molar-refractivity contribution in [2.45, 2.75) is 25.4 Å². The van der Waals surface area contributed by atoms with E-state index in [4.69, 9.17) is 5.41 Å². The molecule has 4 nitrogen and oxygen atoms in total. The zero-order chi connectivity index (χ0) is 20.3. The first kappa shape index (κ1) is 19.5. The van der Waals surface area contributed by atoms with Gasteiger partial charge in [0.1, 0.15) is 5.82 Å². The number of nitrogens with one attached hydrogen (secondary N) is 2. The minimum Gasteiger partial charge on any atom is -0.341 e. The van der Waals surface area contributed by atoms with Gasteiger partial charge in [-0.2, -0.15) is 13.2 Å². The molecule has 0 amide bonds. The first-order valence-electron chi connectivity index (χ1n) is 8.72. The fourth-order valence-electron chi connectivity index (χ4n) is 3.04. The van der Waals surface area contributed by atoms with Crippen LogP contribution in [0.15, 0.2) is 60.8 Å². The second-order valence-corrected chi connectivity index (χ2v) is 6.30. The molecule has 1 aromatic heterocycles. The molecule has 0 aliphatic carbocycles. The first-order valence-corrected chi connectivity index (χ1v) is 8.72. The van der Waals surface area contributed by atoms with Gasteiger partial charge >= 0.3 is 6.18 Å². The number of benzene rings is 2. The normalized spacial score (nSPS) is 12.6. The average Bonchev–Trinajstić information content (AvgIpc) is 3.18. The van der Waals surface area contributed by atoms with Crippen LogP contribution in [0.2, 0.25) is 0 Å². The van der Waals surface area contributed by atoms with Crippen LogP contribution < -0.4 is 0 Å². The quantitative estimate of drug-likeness (QED) is 0.435. The van der Waals surface area contributed by atoms with Crippen LogP contribution in [0.1, 0.15) is 41.0 Å². The third-order valence-electron chi connectivity index (χ3n) is 4.49. The number of halogens is 3. The molecule has 1 atom stereocenters. The van der Waals surface area contributed by atoms with Gasteiger partial charge in [-0.25, -0.2) is 4.98 Å². The van der Waals surface area contributed by atoms with E-state index in [0.29, 0.717) is 17.9 Å². The van der Waals surface area contributed by atoms with E-state index in [0.717, 1.165) is 17.7 Å². The van der Waals surface area contributed by atoms with Crippen LogP contribution >= 0.6 is 0 Å². The number of aromatic nitrogens is 2. The molecule has 1 unspecified atom stereocenters. The van der Waals surface area contributed by atoms with E-state index >= 15 is 0 Å². The summed E-state index contributed by atoms with van der Waals surface area (Å²) in [6.07, 6.45) is -2.73. The third kappa shape index (κ3) is 3.88. The van der Waals surface area contributed by atoms with Gasteiger partial charge in [0, 0.05) is 5.56 Å². The third-order valence-corrected chi connectivity index (χ3v) is 4.49. The zero-order valence-electron chi connectivity index (χ0n) is 15.0. The molecular formula is C21H18F3N3O. The van der Waals surface area contributed by atoms with Gasteiger partial charge in [0.15, 0.2) is 0 Å². The van der Waals surface area contributed by atoms with E-state index in [1.807, 2.05) is 30.3 Å². The lowest BCUT2D eigenvalue weighted by Gasteiger charge is -2.16. The van der Waals surface area contributed by atoms with Gasteiger partial charge in [-0.1, -0.05) is 55.5 Å². The van der Waals surface area contributed by atoms with E-state index < -0.39 is 34.7 Å². The largest absolute Gasteiger partial charge is 0.417 e. The maximum Gasteiger partial charge on any atom is 0.417 e. The molecule has 0 fully saturated rings. The van der Waals surface area contributed by atoms with Crippen LogP contribution in [0.3, 0.4) is 0 Å². The van der Waals surface area contributed by atoms with Crippen molar-refractivity contribution in [2.75, 3.05) is 0 Å². The summed E-state index contributed by atoms with van der Waals surface area (Å²) in [5.74, 6) is -1.30. The number of Topliss-reactive ketones (excluding diaryl/α,β-unsaturated/α-hetero) is 1. The maximum atomic E-state index is 13.2. The van der Waals surface area contributed by atoms with Crippen LogP contribution in [0.5, 0.6) is 0 Å². The summed E-state index contributed by atoms with van der Waals surface area (Å²) in [5, 5.41) is 8.27. The number of H-pyrrole nitrogens is 1. The molecule has 1 heterocycles. The smallest absolute Gasteiger partial charge is 0.341 e. The fourth-order valence-corrected chi connectivity index (χ4v) is 3.04. The molecule has 2 N–H and O–H groups in total. The van der Waals surface area contributed by atoms with Gasteiger partial charge in [0.2, 0.25) is 5.78 Å². The van der Waals surface area contributed by atoms with E-state index in [1.54, 1.807) is 13.1 Å². The van der Waals surface area contributed by atoms with Gasteiger partial charge < -0.3 is 10.4 Å². The fraction of sp³-hybridized carbons (Fsp3) is 0.190. The number of hydrogen-bond donors (Lipinski definition) is 2. The summed E-state index contributed by atoms with van der Waals surface area (Å²) < 4.78 is 39.7. The highest BCUT2D eigenvalue weighted by Crippen LogP contribution is 2.33. The van der Waals surface area contributed by atoms with Crippen molar-refractivity contribution in [3.05, 3.63) is 77.7 Å². The van der Waals surface area contributed by atoms with Crippen LogP contribution in [0.25, 0.3) is 11.3 Å². The van der Waals surface area contributed by atoms with Crippen molar-refractivity contribution in [3.63, 3.8) is 0 Å². The van der Waals surface area contributed by atoms with Crippen LogP contribution in [-0.2, 0) is 6.18 Å². The first-order chi connectivity index (χ1) is 13.3. The van der Waals surface area contributed by atoms with Crippen molar-refractivity contribution in [1.29, 1.82) is 5.41 Å². The topological polar surface area (TPSA) is 69.6 Å². The van der Waals surface area contributed by atoms with Gasteiger partial charge in [-0.05, 0) is 18.1 Å². The average molecular weight is 385 g/mol. The lowest BCUT2D eigenvalue weighted by atomic mass is 9.91. The van der Waals surface area contributed by atoms with Gasteiger partial charge in [0.25, 0.3) is 0 Å². The van der Waals surface area contributed by atoms with Gasteiger partial charge in [0.05, 0.1) is 29.1 Å². The summed E-state index contributed by atoms with van der Waals surface area (Å²) in [5.41, 5.74) is -0.383. The predicted octanol–water partition coefficient (Wildman–Crippen LogP) is 5.49. The summed E-state index contributed by atoms with van der Waals surface area (Å²) in [7, 11) is 0. The Bertz CT molecular complexity index is 993. The molecule has 7 heteroatoms. The molecule has 3 rings (SSSR count). The van der Waals surface area contributed by atoms with E-state index in [9.17, 15) is 18.0 Å². The lowest BCUT2D eigenvalue weighted by molar-refractivity contribution is -0.137. The number of aromatic amines is 1. The highest BCUT2D eigenvalue weighted by Gasteiger charge is 2.36. The summed E-state index contributed by atoms with van der Waals surface area (Å²) in [6, 6.07) is 13.9. The van der Waals surface area contributed by atoms with Crippen LogP contribution in [0, 0.1) is 5.41 Å². The van der Waals surface area contributed by atoms with Gasteiger partial charge in [-0.3, -0.25) is 4.79 Å². The zero-order valence-corrected chi connectivity index (χ0v) is 15.0.